The van der Waals surface area contributed by atoms with Gasteiger partial charge in [-0.15, -0.1) is 11.8 Å². The molecule has 0 saturated carbocycles. The second-order valence-electron chi connectivity index (χ2n) is 12.0. The van der Waals surface area contributed by atoms with Gasteiger partial charge in [0.15, 0.2) is 0 Å². The maximum Gasteiger partial charge on any atom is 0.264 e. The summed E-state index contributed by atoms with van der Waals surface area (Å²) in [4.78, 5) is 31.0. The minimum atomic E-state index is -4.15. The normalized spacial score (nSPS) is 12.3. The molecule has 1 N–H and O–H groups in total. The van der Waals surface area contributed by atoms with E-state index < -0.39 is 34.1 Å². The molecule has 236 valence electrons. The van der Waals surface area contributed by atoms with Gasteiger partial charge in [-0.2, -0.15) is 0 Å². The predicted octanol–water partition coefficient (Wildman–Crippen LogP) is 6.47. The number of hydrogen-bond donors (Lipinski definition) is 1. The van der Waals surface area contributed by atoms with Gasteiger partial charge in [-0.3, -0.25) is 13.9 Å². The number of thioether (sulfide) groups is 1. The third kappa shape index (κ3) is 9.22. The first kappa shape index (κ1) is 33.8. The van der Waals surface area contributed by atoms with Crippen molar-refractivity contribution in [1.29, 1.82) is 0 Å². The molecule has 0 spiro atoms. The minimum Gasteiger partial charge on any atom is -0.350 e. The summed E-state index contributed by atoms with van der Waals surface area (Å²) < 4.78 is 29.5. The fourth-order valence-electron chi connectivity index (χ4n) is 4.90. The minimum absolute atomic E-state index is 0.0783. The highest BCUT2D eigenvalue weighted by Gasteiger charge is 2.35. The average molecular weight is 644 g/mol. The molecule has 0 aliphatic carbocycles. The van der Waals surface area contributed by atoms with Crippen LogP contribution in [0.25, 0.3) is 0 Å². The molecule has 0 aliphatic heterocycles. The van der Waals surface area contributed by atoms with Crippen LogP contribution in [0.1, 0.15) is 37.5 Å². The van der Waals surface area contributed by atoms with Crippen LogP contribution in [0.5, 0.6) is 0 Å². The highest BCUT2D eigenvalue weighted by atomic mass is 32.2. The van der Waals surface area contributed by atoms with E-state index in [1.54, 1.807) is 36.4 Å². The van der Waals surface area contributed by atoms with Gasteiger partial charge >= 0.3 is 0 Å². The Morgan fingerprint density at radius 2 is 1.36 bits per heavy atom. The number of hydrogen-bond acceptors (Lipinski definition) is 5. The fraction of sp³-hybridized carbons (Fsp3) is 0.278. The summed E-state index contributed by atoms with van der Waals surface area (Å²) in [5.41, 5.74) is 2.48. The molecule has 0 aromatic heterocycles. The average Bonchev–Trinajstić information content (AvgIpc) is 3.02. The van der Waals surface area contributed by atoms with Gasteiger partial charge in [-0.05, 0) is 81.5 Å². The van der Waals surface area contributed by atoms with E-state index in [0.29, 0.717) is 5.69 Å². The lowest BCUT2D eigenvalue weighted by molar-refractivity contribution is -0.140. The summed E-state index contributed by atoms with van der Waals surface area (Å²) in [5, 5.41) is 3.05. The van der Waals surface area contributed by atoms with Gasteiger partial charge in [0.2, 0.25) is 11.8 Å². The van der Waals surface area contributed by atoms with Gasteiger partial charge in [0.05, 0.1) is 10.6 Å². The highest BCUT2D eigenvalue weighted by molar-refractivity contribution is 7.98. The standard InChI is InChI=1S/C36H41N3O4S2/c1-27-16-18-30(19-17-27)39(45(42,43)32-22-20-31(44-5)21-23-32)26-34(40)38(25-29-14-10-7-11-15-29)33(35(41)37-36(2,3)4)24-28-12-8-6-9-13-28/h6-23,33H,24-26H2,1-5H3,(H,37,41)/t33-/m0/s1. The number of benzene rings is 4. The fourth-order valence-corrected chi connectivity index (χ4v) is 6.72. The van der Waals surface area contributed by atoms with Crippen LogP contribution in [0, 0.1) is 6.92 Å². The molecule has 7 nitrogen and oxygen atoms in total. The molecule has 0 bridgehead atoms. The molecule has 4 rings (SSSR count). The molecule has 0 unspecified atom stereocenters. The van der Waals surface area contributed by atoms with E-state index in [0.717, 1.165) is 25.9 Å². The number of carbonyl (C=O) groups excluding carboxylic acids is 2. The van der Waals surface area contributed by atoms with Crippen LogP contribution in [0.4, 0.5) is 5.69 Å². The molecule has 0 radical (unpaired) electrons. The van der Waals surface area contributed by atoms with E-state index in [1.165, 1.54) is 16.7 Å². The van der Waals surface area contributed by atoms with Crippen molar-refractivity contribution < 1.29 is 18.0 Å². The monoisotopic (exact) mass is 643 g/mol. The zero-order chi connectivity index (χ0) is 32.6. The number of aryl methyl sites for hydroxylation is 1. The Kier molecular flexibility index (Phi) is 11.1. The van der Waals surface area contributed by atoms with Crippen molar-refractivity contribution in [2.45, 2.75) is 62.0 Å². The van der Waals surface area contributed by atoms with Crippen molar-refractivity contribution in [3.05, 3.63) is 126 Å². The van der Waals surface area contributed by atoms with E-state index >= 15 is 0 Å². The van der Waals surface area contributed by atoms with Crippen molar-refractivity contribution >= 4 is 39.3 Å². The first-order valence-corrected chi connectivity index (χ1v) is 17.5. The van der Waals surface area contributed by atoms with Crippen molar-refractivity contribution in [3.8, 4) is 0 Å². The topological polar surface area (TPSA) is 86.8 Å². The van der Waals surface area contributed by atoms with Crippen LogP contribution in [0.3, 0.4) is 0 Å². The number of sulfonamides is 1. The molecular formula is C36H41N3O4S2. The number of nitrogens with zero attached hydrogens (tertiary/aromatic N) is 2. The second-order valence-corrected chi connectivity index (χ2v) is 14.7. The van der Waals surface area contributed by atoms with Crippen LogP contribution in [0.15, 0.2) is 119 Å². The SMILES string of the molecule is CSc1ccc(S(=O)(=O)N(CC(=O)N(Cc2ccccc2)[C@@H](Cc2ccccc2)C(=O)NC(C)(C)C)c2ccc(C)cc2)cc1. The van der Waals surface area contributed by atoms with Gasteiger partial charge in [0.25, 0.3) is 10.0 Å². The quantitative estimate of drug-likeness (QED) is 0.179. The van der Waals surface area contributed by atoms with Crippen LogP contribution < -0.4 is 9.62 Å². The Bertz CT molecular complexity index is 1670. The molecule has 4 aromatic carbocycles. The van der Waals surface area contributed by atoms with Gasteiger partial charge in [0.1, 0.15) is 12.6 Å². The van der Waals surface area contributed by atoms with E-state index in [1.807, 2.05) is 107 Å². The van der Waals surface area contributed by atoms with Crippen molar-refractivity contribution in [2.24, 2.45) is 0 Å². The molecule has 2 amide bonds. The largest absolute Gasteiger partial charge is 0.350 e. The first-order chi connectivity index (χ1) is 21.4. The summed E-state index contributed by atoms with van der Waals surface area (Å²) in [6.45, 7) is 7.22. The number of rotatable bonds is 12. The summed E-state index contributed by atoms with van der Waals surface area (Å²) >= 11 is 1.51. The first-order valence-electron chi connectivity index (χ1n) is 14.8. The number of amides is 2. The van der Waals surface area contributed by atoms with Crippen LogP contribution in [-0.2, 0) is 32.6 Å². The van der Waals surface area contributed by atoms with Gasteiger partial charge in [-0.25, -0.2) is 8.42 Å². The van der Waals surface area contributed by atoms with Crippen LogP contribution >= 0.6 is 11.8 Å². The second kappa shape index (κ2) is 14.8. The Morgan fingerprint density at radius 1 is 0.800 bits per heavy atom. The number of carbonyl (C=O) groups is 2. The predicted molar refractivity (Wildman–Crippen MR) is 183 cm³/mol. The highest BCUT2D eigenvalue weighted by Crippen LogP contribution is 2.27. The lowest BCUT2D eigenvalue weighted by Gasteiger charge is -2.35. The lowest BCUT2D eigenvalue weighted by atomic mass is 10.0. The van der Waals surface area contributed by atoms with E-state index in [9.17, 15) is 18.0 Å². The molecule has 0 aliphatic rings. The van der Waals surface area contributed by atoms with Gasteiger partial charge in [0, 0.05) is 23.4 Å². The Hall–Kier alpha value is -4.08. The third-order valence-corrected chi connectivity index (χ3v) is 9.74. The number of nitrogens with one attached hydrogen (secondary N) is 1. The smallest absolute Gasteiger partial charge is 0.264 e. The summed E-state index contributed by atoms with van der Waals surface area (Å²) in [6, 6.07) is 31.7. The third-order valence-electron chi connectivity index (χ3n) is 7.21. The van der Waals surface area contributed by atoms with Gasteiger partial charge in [-0.1, -0.05) is 78.4 Å². The zero-order valence-corrected chi connectivity index (χ0v) is 28.1. The molecule has 45 heavy (non-hydrogen) atoms. The van der Waals surface area contributed by atoms with E-state index in [4.69, 9.17) is 0 Å². The Morgan fingerprint density at radius 3 is 1.89 bits per heavy atom. The summed E-state index contributed by atoms with van der Waals surface area (Å²) in [7, 11) is -4.15. The maximum absolute atomic E-state index is 14.5. The summed E-state index contributed by atoms with van der Waals surface area (Å²) in [6.07, 6.45) is 2.18. The van der Waals surface area contributed by atoms with Crippen LogP contribution in [0.2, 0.25) is 0 Å². The summed E-state index contributed by atoms with van der Waals surface area (Å²) in [5.74, 6) is -0.804. The molecule has 1 atom stereocenters. The maximum atomic E-state index is 14.5. The Labute approximate surface area is 271 Å². The zero-order valence-electron chi connectivity index (χ0n) is 26.4. The van der Waals surface area contributed by atoms with Crippen molar-refractivity contribution in [2.75, 3.05) is 17.1 Å². The molecule has 0 heterocycles. The molecule has 0 saturated heterocycles. The van der Waals surface area contributed by atoms with E-state index in [-0.39, 0.29) is 23.8 Å². The Balaban J connectivity index is 1.80. The van der Waals surface area contributed by atoms with Gasteiger partial charge < -0.3 is 10.2 Å². The van der Waals surface area contributed by atoms with Crippen molar-refractivity contribution in [1.82, 2.24) is 10.2 Å². The van der Waals surface area contributed by atoms with Crippen LogP contribution in [-0.4, -0.2) is 49.5 Å². The molecular weight excluding hydrogens is 603 g/mol. The molecule has 9 heteroatoms. The molecule has 0 fully saturated rings. The van der Waals surface area contributed by atoms with Crippen molar-refractivity contribution in [3.63, 3.8) is 0 Å². The number of anilines is 1. The lowest BCUT2D eigenvalue weighted by Crippen LogP contribution is -2.56. The van der Waals surface area contributed by atoms with E-state index in [2.05, 4.69) is 5.32 Å². The molecule has 4 aromatic rings.